The third-order valence-electron chi connectivity index (χ3n) is 3.79. The summed E-state index contributed by atoms with van der Waals surface area (Å²) in [6.45, 7) is 1.88. The Balaban J connectivity index is 2.22. The minimum absolute atomic E-state index is 0.0583. The maximum Gasteiger partial charge on any atom is 0.329 e. The van der Waals surface area contributed by atoms with E-state index >= 15 is 0 Å². The zero-order valence-electron chi connectivity index (χ0n) is 10.5. The first kappa shape index (κ1) is 11.3. The van der Waals surface area contributed by atoms with Crippen LogP contribution in [0.25, 0.3) is 11.0 Å². The van der Waals surface area contributed by atoms with E-state index in [1.165, 1.54) is 11.0 Å². The fourth-order valence-corrected chi connectivity index (χ4v) is 2.92. The monoisotopic (exact) mass is 247 g/mol. The second-order valence-electron chi connectivity index (χ2n) is 5.14. The predicted octanol–water partition coefficient (Wildman–Crippen LogP) is 1.83. The first-order valence-corrected chi connectivity index (χ1v) is 6.51. The summed E-state index contributed by atoms with van der Waals surface area (Å²) < 4.78 is 1.40. The molecule has 5 nitrogen and oxygen atoms in total. The Morgan fingerprint density at radius 3 is 2.61 bits per heavy atom. The number of fused-ring (bicyclic) bond motifs is 1. The molecule has 2 N–H and O–H groups in total. The lowest BCUT2D eigenvalue weighted by Gasteiger charge is -2.22. The molecule has 96 valence electrons. The van der Waals surface area contributed by atoms with E-state index in [0.717, 1.165) is 31.4 Å². The average molecular weight is 247 g/mol. The molecular weight excluding hydrogens is 230 g/mol. The van der Waals surface area contributed by atoms with Gasteiger partial charge in [-0.1, -0.05) is 19.3 Å². The van der Waals surface area contributed by atoms with Gasteiger partial charge in [0.15, 0.2) is 0 Å². The minimum atomic E-state index is -0.279. The van der Waals surface area contributed by atoms with Crippen molar-refractivity contribution >= 4 is 11.0 Å². The number of H-pyrrole nitrogens is 2. The highest BCUT2D eigenvalue weighted by atomic mass is 16.2. The third-order valence-corrected chi connectivity index (χ3v) is 3.79. The van der Waals surface area contributed by atoms with Crippen LogP contribution in [-0.2, 0) is 0 Å². The smallest absolute Gasteiger partial charge is 0.329 e. The fraction of sp³-hybridized carbons (Fsp3) is 0.538. The van der Waals surface area contributed by atoms with Gasteiger partial charge in [-0.15, -0.1) is 0 Å². The molecule has 5 heteroatoms. The van der Waals surface area contributed by atoms with Crippen LogP contribution in [0.15, 0.2) is 15.7 Å². The zero-order chi connectivity index (χ0) is 12.7. The van der Waals surface area contributed by atoms with Crippen molar-refractivity contribution in [3.8, 4) is 0 Å². The van der Waals surface area contributed by atoms with Gasteiger partial charge in [0.1, 0.15) is 5.52 Å². The maximum atomic E-state index is 12.4. The van der Waals surface area contributed by atoms with Gasteiger partial charge < -0.3 is 9.97 Å². The second kappa shape index (κ2) is 4.15. The Hall–Kier alpha value is -1.78. The topological polar surface area (TPSA) is 70.7 Å². The van der Waals surface area contributed by atoms with Crippen molar-refractivity contribution in [3.05, 3.63) is 32.6 Å². The SMILES string of the molecule is Cc1cc2[nH]c(=O)n(C3CCCCC3)c(=O)c2[nH]1. The van der Waals surface area contributed by atoms with Crippen molar-refractivity contribution in [1.29, 1.82) is 0 Å². The highest BCUT2D eigenvalue weighted by Crippen LogP contribution is 2.26. The number of aromatic nitrogens is 3. The van der Waals surface area contributed by atoms with Gasteiger partial charge in [-0.3, -0.25) is 9.36 Å². The first-order chi connectivity index (χ1) is 8.66. The third kappa shape index (κ3) is 1.70. The summed E-state index contributed by atoms with van der Waals surface area (Å²) in [6, 6.07) is 1.85. The van der Waals surface area contributed by atoms with E-state index in [9.17, 15) is 9.59 Å². The molecule has 0 bridgehead atoms. The molecule has 1 fully saturated rings. The van der Waals surface area contributed by atoms with E-state index < -0.39 is 0 Å². The van der Waals surface area contributed by atoms with Crippen molar-refractivity contribution in [3.63, 3.8) is 0 Å². The van der Waals surface area contributed by atoms with Crippen LogP contribution in [0.1, 0.15) is 43.8 Å². The van der Waals surface area contributed by atoms with Crippen molar-refractivity contribution in [2.24, 2.45) is 0 Å². The van der Waals surface area contributed by atoms with Crippen LogP contribution in [0.5, 0.6) is 0 Å². The maximum absolute atomic E-state index is 12.4. The van der Waals surface area contributed by atoms with Crippen LogP contribution < -0.4 is 11.2 Å². The molecule has 0 aromatic carbocycles. The molecular formula is C13H17N3O2. The van der Waals surface area contributed by atoms with Gasteiger partial charge >= 0.3 is 5.69 Å². The molecule has 3 rings (SSSR count). The summed E-state index contributed by atoms with van der Waals surface area (Å²) >= 11 is 0. The molecule has 18 heavy (non-hydrogen) atoms. The Morgan fingerprint density at radius 2 is 1.89 bits per heavy atom. The molecule has 0 spiro atoms. The zero-order valence-corrected chi connectivity index (χ0v) is 10.5. The molecule has 1 aliphatic rings. The number of hydrogen-bond acceptors (Lipinski definition) is 2. The predicted molar refractivity (Wildman–Crippen MR) is 70.0 cm³/mol. The number of aromatic amines is 2. The van der Waals surface area contributed by atoms with Gasteiger partial charge in [0.05, 0.1) is 5.52 Å². The Kier molecular flexibility index (Phi) is 2.61. The lowest BCUT2D eigenvalue weighted by Crippen LogP contribution is -2.38. The van der Waals surface area contributed by atoms with Crippen LogP contribution in [0.4, 0.5) is 0 Å². The number of nitrogens with one attached hydrogen (secondary N) is 2. The Morgan fingerprint density at radius 1 is 1.17 bits per heavy atom. The lowest BCUT2D eigenvalue weighted by atomic mass is 9.95. The van der Waals surface area contributed by atoms with Gasteiger partial charge in [-0.25, -0.2) is 4.79 Å². The molecule has 0 aliphatic heterocycles. The quantitative estimate of drug-likeness (QED) is 0.807. The number of aryl methyl sites for hydroxylation is 1. The van der Waals surface area contributed by atoms with Crippen molar-refractivity contribution < 1.29 is 0 Å². The number of hydrogen-bond donors (Lipinski definition) is 2. The number of nitrogens with zero attached hydrogens (tertiary/aromatic N) is 1. The fourth-order valence-electron chi connectivity index (χ4n) is 2.92. The Labute approximate surface area is 104 Å². The van der Waals surface area contributed by atoms with Crippen molar-refractivity contribution in [2.45, 2.75) is 45.1 Å². The van der Waals surface area contributed by atoms with Gasteiger partial charge in [-0.2, -0.15) is 0 Å². The highest BCUT2D eigenvalue weighted by molar-refractivity contribution is 5.74. The summed E-state index contributed by atoms with van der Waals surface area (Å²) in [5.74, 6) is 0. The molecule has 1 saturated carbocycles. The Bertz CT molecular complexity index is 686. The first-order valence-electron chi connectivity index (χ1n) is 6.51. The summed E-state index contributed by atoms with van der Waals surface area (Å²) in [5, 5.41) is 0. The van der Waals surface area contributed by atoms with Crippen molar-refractivity contribution in [1.82, 2.24) is 14.5 Å². The molecule has 2 heterocycles. The van der Waals surface area contributed by atoms with Crippen LogP contribution in [0.2, 0.25) is 0 Å². The molecule has 0 saturated heterocycles. The minimum Gasteiger partial charge on any atom is -0.353 e. The van der Waals surface area contributed by atoms with E-state index in [-0.39, 0.29) is 17.3 Å². The van der Waals surface area contributed by atoms with E-state index in [2.05, 4.69) is 9.97 Å². The van der Waals surface area contributed by atoms with Crippen LogP contribution in [0.3, 0.4) is 0 Å². The molecule has 0 radical (unpaired) electrons. The largest absolute Gasteiger partial charge is 0.353 e. The summed E-state index contributed by atoms with van der Waals surface area (Å²) in [6.07, 6.45) is 5.24. The normalized spacial score (nSPS) is 17.4. The molecule has 2 aromatic rings. The summed E-state index contributed by atoms with van der Waals surface area (Å²) in [5.41, 5.74) is 1.54. The van der Waals surface area contributed by atoms with E-state index in [0.29, 0.717) is 11.0 Å². The molecule has 2 aromatic heterocycles. The van der Waals surface area contributed by atoms with Gasteiger partial charge in [0.25, 0.3) is 5.56 Å². The van der Waals surface area contributed by atoms with Crippen LogP contribution >= 0.6 is 0 Å². The van der Waals surface area contributed by atoms with Gasteiger partial charge in [-0.05, 0) is 25.8 Å². The highest BCUT2D eigenvalue weighted by Gasteiger charge is 2.20. The standard InChI is InChI=1S/C13H17N3O2/c1-8-7-10-11(14-8)12(17)16(13(18)15-10)9-5-3-2-4-6-9/h7,9,14H,2-6H2,1H3,(H,15,18). The molecule has 0 atom stereocenters. The summed E-state index contributed by atoms with van der Waals surface area (Å²) in [4.78, 5) is 30.3. The van der Waals surface area contributed by atoms with Gasteiger partial charge in [0, 0.05) is 11.7 Å². The average Bonchev–Trinajstić information content (AvgIpc) is 2.71. The molecule has 1 aliphatic carbocycles. The lowest BCUT2D eigenvalue weighted by molar-refractivity contribution is 0.338. The molecule has 0 unspecified atom stereocenters. The van der Waals surface area contributed by atoms with E-state index in [4.69, 9.17) is 0 Å². The molecule has 0 amide bonds. The number of rotatable bonds is 1. The van der Waals surface area contributed by atoms with E-state index in [1.807, 2.05) is 6.92 Å². The van der Waals surface area contributed by atoms with E-state index in [1.54, 1.807) is 6.07 Å². The van der Waals surface area contributed by atoms with Crippen molar-refractivity contribution in [2.75, 3.05) is 0 Å². The summed E-state index contributed by atoms with van der Waals surface area (Å²) in [7, 11) is 0. The van der Waals surface area contributed by atoms with Crippen LogP contribution in [-0.4, -0.2) is 14.5 Å². The van der Waals surface area contributed by atoms with Crippen LogP contribution in [0, 0.1) is 6.92 Å². The van der Waals surface area contributed by atoms with Gasteiger partial charge in [0.2, 0.25) is 0 Å². The second-order valence-corrected chi connectivity index (χ2v) is 5.14.